The summed E-state index contributed by atoms with van der Waals surface area (Å²) in [5.41, 5.74) is 0.553. The Hall–Kier alpha value is -2.34. The molecule has 0 aliphatic carbocycles. The molecule has 0 saturated heterocycles. The van der Waals surface area contributed by atoms with Gasteiger partial charge >= 0.3 is 0 Å². The fraction of sp³-hybridized carbons (Fsp3) is 0.0769. The molecule has 0 amide bonds. The molecule has 0 radical (unpaired) electrons. The van der Waals surface area contributed by atoms with Crippen LogP contribution in [0.3, 0.4) is 0 Å². The third kappa shape index (κ3) is 3.16. The van der Waals surface area contributed by atoms with Gasteiger partial charge in [0.1, 0.15) is 17.3 Å². The van der Waals surface area contributed by atoms with Gasteiger partial charge in [-0.25, -0.2) is 4.39 Å². The first-order chi connectivity index (χ1) is 9.47. The summed E-state index contributed by atoms with van der Waals surface area (Å²) in [6.45, 7) is 0.281. The van der Waals surface area contributed by atoms with Gasteiger partial charge in [0.15, 0.2) is 0 Å². The van der Waals surface area contributed by atoms with Gasteiger partial charge in [0.05, 0.1) is 16.0 Å². The largest absolute Gasteiger partial charge is 0.508 e. The van der Waals surface area contributed by atoms with E-state index in [1.807, 2.05) is 0 Å². The van der Waals surface area contributed by atoms with Crippen molar-refractivity contribution in [3.05, 3.63) is 62.9 Å². The Bertz CT molecular complexity index is 647. The van der Waals surface area contributed by atoms with Crippen molar-refractivity contribution in [2.45, 2.75) is 6.54 Å². The van der Waals surface area contributed by atoms with E-state index < -0.39 is 10.7 Å². The minimum Gasteiger partial charge on any atom is -0.508 e. The Labute approximate surface area is 118 Å². The average molecular weight is 297 g/mol. The summed E-state index contributed by atoms with van der Waals surface area (Å²) in [5, 5.41) is 22.7. The van der Waals surface area contributed by atoms with Crippen molar-refractivity contribution in [2.75, 3.05) is 5.32 Å². The van der Waals surface area contributed by atoms with Crippen LogP contribution in [0.25, 0.3) is 0 Å². The molecule has 20 heavy (non-hydrogen) atoms. The van der Waals surface area contributed by atoms with Gasteiger partial charge in [-0.3, -0.25) is 10.1 Å². The minimum atomic E-state index is -0.839. The maximum absolute atomic E-state index is 13.2. The van der Waals surface area contributed by atoms with Crippen molar-refractivity contribution in [1.82, 2.24) is 0 Å². The van der Waals surface area contributed by atoms with Crippen LogP contribution in [0.15, 0.2) is 36.4 Å². The maximum Gasteiger partial charge on any atom is 0.295 e. The summed E-state index contributed by atoms with van der Waals surface area (Å²) in [6, 6.07) is 8.29. The molecule has 0 saturated carbocycles. The third-order valence-corrected chi connectivity index (χ3v) is 2.94. The Morgan fingerprint density at radius 1 is 1.30 bits per heavy atom. The number of nitrogens with zero attached hydrogens (tertiary/aromatic N) is 1. The molecule has 2 aromatic carbocycles. The molecule has 0 spiro atoms. The molecule has 0 atom stereocenters. The summed E-state index contributed by atoms with van der Waals surface area (Å²) >= 11 is 5.62. The molecule has 104 valence electrons. The number of rotatable bonds is 4. The van der Waals surface area contributed by atoms with Gasteiger partial charge in [-0.2, -0.15) is 0 Å². The van der Waals surface area contributed by atoms with Crippen molar-refractivity contribution in [2.24, 2.45) is 0 Å². The predicted molar refractivity (Wildman–Crippen MR) is 73.5 cm³/mol. The molecule has 2 rings (SSSR count). The van der Waals surface area contributed by atoms with Crippen LogP contribution >= 0.6 is 11.6 Å². The second kappa shape index (κ2) is 5.75. The van der Waals surface area contributed by atoms with Gasteiger partial charge < -0.3 is 10.4 Å². The number of nitrogens with one attached hydrogen (secondary N) is 1. The summed E-state index contributed by atoms with van der Waals surface area (Å²) < 4.78 is 13.2. The van der Waals surface area contributed by atoms with Crippen LogP contribution < -0.4 is 5.32 Å². The van der Waals surface area contributed by atoms with E-state index >= 15 is 0 Å². The lowest BCUT2D eigenvalue weighted by Crippen LogP contribution is -2.03. The van der Waals surface area contributed by atoms with E-state index in [0.29, 0.717) is 0 Å². The molecule has 0 heterocycles. The maximum atomic E-state index is 13.2. The zero-order chi connectivity index (χ0) is 14.7. The Morgan fingerprint density at radius 3 is 2.55 bits per heavy atom. The van der Waals surface area contributed by atoms with Gasteiger partial charge in [-0.05, 0) is 23.8 Å². The minimum absolute atomic E-state index is 0.129. The second-order valence-electron chi connectivity index (χ2n) is 4.06. The van der Waals surface area contributed by atoms with Gasteiger partial charge in [0.2, 0.25) is 0 Å². The van der Waals surface area contributed by atoms with E-state index in [0.717, 1.165) is 11.6 Å². The summed E-state index contributed by atoms with van der Waals surface area (Å²) in [7, 11) is 0. The monoisotopic (exact) mass is 296 g/mol. The topological polar surface area (TPSA) is 75.4 Å². The first kappa shape index (κ1) is 14.1. The second-order valence-corrected chi connectivity index (χ2v) is 4.47. The Balaban J connectivity index is 2.22. The number of halogens is 2. The summed E-state index contributed by atoms with van der Waals surface area (Å²) in [6.07, 6.45) is 0. The van der Waals surface area contributed by atoms with Gasteiger partial charge in [-0.1, -0.05) is 23.7 Å². The summed E-state index contributed by atoms with van der Waals surface area (Å²) in [4.78, 5) is 10.2. The molecule has 2 aromatic rings. The Morgan fingerprint density at radius 2 is 1.95 bits per heavy atom. The first-order valence-corrected chi connectivity index (χ1v) is 6.00. The van der Waals surface area contributed by atoms with Crippen molar-refractivity contribution >= 4 is 23.0 Å². The van der Waals surface area contributed by atoms with Crippen molar-refractivity contribution in [1.29, 1.82) is 0 Å². The number of hydrogen-bond donors (Lipinski definition) is 2. The van der Waals surface area contributed by atoms with E-state index in [1.165, 1.54) is 18.2 Å². The molecular weight excluding hydrogens is 287 g/mol. The molecule has 0 bridgehead atoms. The molecule has 2 N–H and O–H groups in total. The van der Waals surface area contributed by atoms with E-state index in [4.69, 9.17) is 16.7 Å². The molecule has 7 heteroatoms. The van der Waals surface area contributed by atoms with Crippen molar-refractivity contribution < 1.29 is 14.4 Å². The van der Waals surface area contributed by atoms with Crippen LogP contribution in [0.1, 0.15) is 5.56 Å². The fourth-order valence-corrected chi connectivity index (χ4v) is 1.80. The zero-order valence-corrected chi connectivity index (χ0v) is 10.9. The normalized spacial score (nSPS) is 10.3. The molecular formula is C13H10ClFN2O3. The highest BCUT2D eigenvalue weighted by Gasteiger charge is 2.17. The van der Waals surface area contributed by atoms with Crippen LogP contribution in [0, 0.1) is 15.9 Å². The zero-order valence-electron chi connectivity index (χ0n) is 10.1. The van der Waals surface area contributed by atoms with Gasteiger partial charge in [0, 0.05) is 6.54 Å². The SMILES string of the molecule is O=[N+]([O-])c1cc(F)c(Cl)cc1NCc1ccc(O)cc1. The standard InChI is InChI=1S/C13H10ClFN2O3/c14-10-5-12(13(17(19)20)6-11(10)15)16-7-8-1-3-9(18)4-2-8/h1-6,16,18H,7H2. The molecule has 0 fully saturated rings. The number of aromatic hydroxyl groups is 1. The molecule has 0 aliphatic rings. The lowest BCUT2D eigenvalue weighted by atomic mass is 10.2. The molecule has 0 aliphatic heterocycles. The average Bonchev–Trinajstić information content (AvgIpc) is 2.41. The first-order valence-electron chi connectivity index (χ1n) is 5.62. The number of phenols is 1. The van der Waals surface area contributed by atoms with E-state index in [9.17, 15) is 14.5 Å². The Kier molecular flexibility index (Phi) is 4.05. The fourth-order valence-electron chi connectivity index (χ4n) is 1.64. The lowest BCUT2D eigenvalue weighted by molar-refractivity contribution is -0.384. The van der Waals surface area contributed by atoms with Crippen LogP contribution in [0.4, 0.5) is 15.8 Å². The van der Waals surface area contributed by atoms with Crippen molar-refractivity contribution in [3.8, 4) is 5.75 Å². The van der Waals surface area contributed by atoms with Gasteiger partial charge in [-0.15, -0.1) is 0 Å². The molecule has 5 nitrogen and oxygen atoms in total. The van der Waals surface area contributed by atoms with Crippen LogP contribution in [-0.4, -0.2) is 10.0 Å². The van der Waals surface area contributed by atoms with Crippen molar-refractivity contribution in [3.63, 3.8) is 0 Å². The van der Waals surface area contributed by atoms with Crippen LogP contribution in [0.5, 0.6) is 5.75 Å². The van der Waals surface area contributed by atoms with E-state index in [-0.39, 0.29) is 28.7 Å². The summed E-state index contributed by atoms with van der Waals surface area (Å²) in [5.74, 6) is -0.710. The van der Waals surface area contributed by atoms with E-state index in [1.54, 1.807) is 12.1 Å². The lowest BCUT2D eigenvalue weighted by Gasteiger charge is -2.08. The third-order valence-electron chi connectivity index (χ3n) is 2.65. The molecule has 0 unspecified atom stereocenters. The van der Waals surface area contributed by atoms with Gasteiger partial charge in [0.25, 0.3) is 5.69 Å². The highest BCUT2D eigenvalue weighted by atomic mass is 35.5. The molecule has 0 aromatic heterocycles. The smallest absolute Gasteiger partial charge is 0.295 e. The predicted octanol–water partition coefficient (Wildman–Crippen LogP) is 3.71. The van der Waals surface area contributed by atoms with E-state index in [2.05, 4.69) is 5.32 Å². The number of benzene rings is 2. The van der Waals surface area contributed by atoms with Crippen LogP contribution in [0.2, 0.25) is 5.02 Å². The number of phenolic OH excluding ortho intramolecular Hbond substituents is 1. The number of nitro groups is 1. The highest BCUT2D eigenvalue weighted by molar-refractivity contribution is 6.31. The number of nitro benzene ring substituents is 1. The quantitative estimate of drug-likeness (QED) is 0.666. The number of anilines is 1. The number of hydrogen-bond acceptors (Lipinski definition) is 4. The highest BCUT2D eigenvalue weighted by Crippen LogP contribution is 2.30. The van der Waals surface area contributed by atoms with Crippen LogP contribution in [-0.2, 0) is 6.54 Å².